The third-order valence-electron chi connectivity index (χ3n) is 4.86. The molecule has 0 saturated heterocycles. The molecule has 5 heteroatoms. The van der Waals surface area contributed by atoms with E-state index < -0.39 is 10.0 Å². The molecule has 1 unspecified atom stereocenters. The first-order valence-corrected chi connectivity index (χ1v) is 8.81. The van der Waals surface area contributed by atoms with Gasteiger partial charge >= 0.3 is 0 Å². The van der Waals surface area contributed by atoms with Gasteiger partial charge in [-0.2, -0.15) is 4.31 Å². The second-order valence-electron chi connectivity index (χ2n) is 6.09. The third-order valence-corrected chi connectivity index (χ3v) is 6.98. The molecule has 0 spiro atoms. The average molecular weight is 306 g/mol. The van der Waals surface area contributed by atoms with Gasteiger partial charge < -0.3 is 4.57 Å². The zero-order chi connectivity index (χ0) is 15.4. The summed E-state index contributed by atoms with van der Waals surface area (Å²) in [6.45, 7) is 3.89. The highest BCUT2D eigenvalue weighted by molar-refractivity contribution is 7.89. The molecule has 1 aliphatic rings. The molecule has 3 rings (SSSR count). The number of rotatable bonds is 4. The lowest BCUT2D eigenvalue weighted by Gasteiger charge is -2.24. The van der Waals surface area contributed by atoms with Gasteiger partial charge in [-0.1, -0.05) is 18.2 Å². The molecule has 2 aromatic rings. The number of hydrogen-bond acceptors (Lipinski definition) is 2. The number of nitrogens with zero attached hydrogens (tertiary/aromatic N) is 2. The maximum absolute atomic E-state index is 13.1. The molecule has 1 fully saturated rings. The van der Waals surface area contributed by atoms with Crippen molar-refractivity contribution in [1.29, 1.82) is 0 Å². The lowest BCUT2D eigenvalue weighted by molar-refractivity contribution is 0.357. The summed E-state index contributed by atoms with van der Waals surface area (Å²) in [7, 11) is 0.158. The van der Waals surface area contributed by atoms with Crippen LogP contribution in [-0.2, 0) is 17.1 Å². The Balaban J connectivity index is 2.17. The van der Waals surface area contributed by atoms with Gasteiger partial charge in [0.2, 0.25) is 10.0 Å². The van der Waals surface area contributed by atoms with Gasteiger partial charge in [0.1, 0.15) is 4.90 Å². The van der Waals surface area contributed by atoms with E-state index in [-0.39, 0.29) is 6.04 Å². The summed E-state index contributed by atoms with van der Waals surface area (Å²) < 4.78 is 29.6. The molecule has 0 bridgehead atoms. The van der Waals surface area contributed by atoms with Crippen LogP contribution in [0.3, 0.4) is 0 Å². The second-order valence-corrected chi connectivity index (χ2v) is 8.02. The van der Waals surface area contributed by atoms with Gasteiger partial charge in [0.15, 0.2) is 0 Å². The summed E-state index contributed by atoms with van der Waals surface area (Å²) in [4.78, 5) is 0.454. The maximum Gasteiger partial charge on any atom is 0.245 e. The number of aryl methyl sites for hydroxylation is 1. The molecule has 1 heterocycles. The van der Waals surface area contributed by atoms with Gasteiger partial charge in [0.05, 0.1) is 0 Å². The van der Waals surface area contributed by atoms with Gasteiger partial charge in [-0.3, -0.25) is 0 Å². The predicted octanol–water partition coefficient (Wildman–Crippen LogP) is 2.91. The minimum Gasteiger partial charge on any atom is -0.347 e. The molecule has 1 aromatic carbocycles. The Morgan fingerprint density at radius 2 is 1.90 bits per heavy atom. The first-order chi connectivity index (χ1) is 9.85. The highest BCUT2D eigenvalue weighted by atomic mass is 32.2. The van der Waals surface area contributed by atoms with E-state index in [2.05, 4.69) is 0 Å². The van der Waals surface area contributed by atoms with Crippen LogP contribution in [0.4, 0.5) is 0 Å². The van der Waals surface area contributed by atoms with Crippen LogP contribution in [0.2, 0.25) is 0 Å². The van der Waals surface area contributed by atoms with Gasteiger partial charge in [0, 0.05) is 36.7 Å². The van der Waals surface area contributed by atoms with Gasteiger partial charge in [-0.25, -0.2) is 8.42 Å². The average Bonchev–Trinajstić information content (AvgIpc) is 3.26. The van der Waals surface area contributed by atoms with E-state index in [1.165, 1.54) is 0 Å². The number of benzene rings is 1. The molecule has 0 amide bonds. The van der Waals surface area contributed by atoms with E-state index in [0.29, 0.717) is 10.8 Å². The summed E-state index contributed by atoms with van der Waals surface area (Å²) in [5, 5.41) is 0.812. The van der Waals surface area contributed by atoms with Crippen molar-refractivity contribution in [3.8, 4) is 0 Å². The smallest absolute Gasteiger partial charge is 0.245 e. The Hall–Kier alpha value is -1.33. The maximum atomic E-state index is 13.1. The van der Waals surface area contributed by atoms with Crippen molar-refractivity contribution >= 4 is 20.9 Å². The van der Waals surface area contributed by atoms with E-state index in [0.717, 1.165) is 29.4 Å². The van der Waals surface area contributed by atoms with Gasteiger partial charge in [-0.15, -0.1) is 0 Å². The fourth-order valence-corrected chi connectivity index (χ4v) is 4.91. The molecule has 1 aromatic heterocycles. The van der Waals surface area contributed by atoms with Crippen LogP contribution in [0.5, 0.6) is 0 Å². The van der Waals surface area contributed by atoms with Gasteiger partial charge in [-0.05, 0) is 38.7 Å². The van der Waals surface area contributed by atoms with Crippen LogP contribution in [0.25, 0.3) is 10.9 Å². The molecule has 4 nitrogen and oxygen atoms in total. The number of aromatic nitrogens is 1. The van der Waals surface area contributed by atoms with Crippen molar-refractivity contribution < 1.29 is 8.42 Å². The molecule has 21 heavy (non-hydrogen) atoms. The van der Waals surface area contributed by atoms with Crippen molar-refractivity contribution in [3.05, 3.63) is 30.0 Å². The molecule has 114 valence electrons. The van der Waals surface area contributed by atoms with Gasteiger partial charge in [0.25, 0.3) is 0 Å². The standard InChI is InChI=1S/C16H22N2O2S/c1-11(13-9-10-13)18(4)21(19,20)16-12(2)17(3)15-8-6-5-7-14(15)16/h5-8,11,13H,9-10H2,1-4H3. The Morgan fingerprint density at radius 1 is 1.29 bits per heavy atom. The minimum absolute atomic E-state index is 0.0633. The Labute approximate surface area is 126 Å². The van der Waals surface area contributed by atoms with Crippen LogP contribution in [0.1, 0.15) is 25.5 Å². The molecule has 1 atom stereocenters. The highest BCUT2D eigenvalue weighted by Gasteiger charge is 2.37. The molecular formula is C16H22N2O2S. The van der Waals surface area contributed by atoms with Crippen molar-refractivity contribution in [3.63, 3.8) is 0 Å². The molecular weight excluding hydrogens is 284 g/mol. The summed E-state index contributed by atoms with van der Waals surface area (Å²) in [5.41, 5.74) is 1.76. The van der Waals surface area contributed by atoms with Crippen molar-refractivity contribution in [2.75, 3.05) is 7.05 Å². The highest BCUT2D eigenvalue weighted by Crippen LogP contribution is 2.38. The summed E-state index contributed by atoms with van der Waals surface area (Å²) >= 11 is 0. The van der Waals surface area contributed by atoms with Crippen LogP contribution in [-0.4, -0.2) is 30.4 Å². The zero-order valence-electron chi connectivity index (χ0n) is 13.0. The minimum atomic E-state index is -3.47. The number of fused-ring (bicyclic) bond motifs is 1. The zero-order valence-corrected chi connectivity index (χ0v) is 13.8. The topological polar surface area (TPSA) is 42.3 Å². The molecule has 1 saturated carbocycles. The Bertz CT molecular complexity index is 788. The number of hydrogen-bond donors (Lipinski definition) is 0. The monoisotopic (exact) mass is 306 g/mol. The van der Waals surface area contributed by atoms with Crippen molar-refractivity contribution in [1.82, 2.24) is 8.87 Å². The molecule has 0 N–H and O–H groups in total. The van der Waals surface area contributed by atoms with E-state index >= 15 is 0 Å². The number of para-hydroxylation sites is 1. The van der Waals surface area contributed by atoms with E-state index in [4.69, 9.17) is 0 Å². The quantitative estimate of drug-likeness (QED) is 0.871. The van der Waals surface area contributed by atoms with Crippen LogP contribution < -0.4 is 0 Å². The van der Waals surface area contributed by atoms with E-state index in [1.54, 1.807) is 11.4 Å². The first-order valence-electron chi connectivity index (χ1n) is 7.37. The third kappa shape index (κ3) is 2.19. The Morgan fingerprint density at radius 3 is 2.52 bits per heavy atom. The lowest BCUT2D eigenvalue weighted by atomic mass is 10.2. The second kappa shape index (κ2) is 4.85. The van der Waals surface area contributed by atoms with Crippen LogP contribution in [0.15, 0.2) is 29.2 Å². The van der Waals surface area contributed by atoms with Crippen LogP contribution >= 0.6 is 0 Å². The van der Waals surface area contributed by atoms with Crippen molar-refractivity contribution in [2.45, 2.75) is 37.6 Å². The SMILES string of the molecule is Cc1c(S(=O)(=O)N(C)C(C)C2CC2)c2ccccc2n1C. The summed E-state index contributed by atoms with van der Waals surface area (Å²) in [6, 6.07) is 7.75. The fraction of sp³-hybridized carbons (Fsp3) is 0.500. The summed E-state index contributed by atoms with van der Waals surface area (Å²) in [5.74, 6) is 0.514. The fourth-order valence-electron chi connectivity index (χ4n) is 3.05. The largest absolute Gasteiger partial charge is 0.347 e. The van der Waals surface area contributed by atoms with Crippen molar-refractivity contribution in [2.24, 2.45) is 13.0 Å². The van der Waals surface area contributed by atoms with Crippen LogP contribution in [0, 0.1) is 12.8 Å². The first kappa shape index (κ1) is 14.6. The molecule has 1 aliphatic carbocycles. The number of sulfonamides is 1. The van der Waals surface area contributed by atoms with E-state index in [1.807, 2.05) is 49.7 Å². The van der Waals surface area contributed by atoms with E-state index in [9.17, 15) is 8.42 Å². The molecule has 0 aliphatic heterocycles. The normalized spacial score (nSPS) is 17.6. The lowest BCUT2D eigenvalue weighted by Crippen LogP contribution is -2.36. The molecule has 0 radical (unpaired) electrons. The predicted molar refractivity (Wildman–Crippen MR) is 84.8 cm³/mol. The summed E-state index contributed by atoms with van der Waals surface area (Å²) in [6.07, 6.45) is 2.27. The Kier molecular flexibility index (Phi) is 3.37.